The van der Waals surface area contributed by atoms with Crippen molar-refractivity contribution >= 4 is 29.9 Å². The topological polar surface area (TPSA) is 81.7 Å². The lowest BCUT2D eigenvalue weighted by molar-refractivity contribution is -0.170. The Morgan fingerprint density at radius 2 is 2.18 bits per heavy atom. The van der Waals surface area contributed by atoms with Crippen LogP contribution in [0.15, 0.2) is 0 Å². The molecule has 0 aliphatic heterocycles. The van der Waals surface area contributed by atoms with Gasteiger partial charge in [-0.2, -0.15) is 11.8 Å². The SMILES string of the molecule is COC(C)OC(=O)CC(=O)CSCCNC=O. The monoisotopic (exact) mass is 263 g/mol. The molecule has 7 heteroatoms. The highest BCUT2D eigenvalue weighted by molar-refractivity contribution is 7.99. The quantitative estimate of drug-likeness (QED) is 0.196. The Hall–Kier alpha value is -1.08. The zero-order valence-electron chi connectivity index (χ0n) is 9.93. The number of methoxy groups -OCH3 is 1. The summed E-state index contributed by atoms with van der Waals surface area (Å²) in [6.45, 7) is 2.08. The molecule has 1 unspecified atom stereocenters. The van der Waals surface area contributed by atoms with Gasteiger partial charge in [0.1, 0.15) is 6.42 Å². The molecule has 0 aromatic carbocycles. The van der Waals surface area contributed by atoms with Crippen molar-refractivity contribution in [2.45, 2.75) is 19.6 Å². The number of thioether (sulfide) groups is 1. The normalized spacial score (nSPS) is 11.6. The molecule has 0 aliphatic rings. The van der Waals surface area contributed by atoms with E-state index in [4.69, 9.17) is 9.47 Å². The summed E-state index contributed by atoms with van der Waals surface area (Å²) >= 11 is 1.36. The van der Waals surface area contributed by atoms with Gasteiger partial charge in [-0.3, -0.25) is 14.4 Å². The Morgan fingerprint density at radius 1 is 1.47 bits per heavy atom. The first-order valence-electron chi connectivity index (χ1n) is 5.09. The third-order valence-corrected chi connectivity index (χ3v) is 2.73. The van der Waals surface area contributed by atoms with Crippen molar-refractivity contribution in [2.24, 2.45) is 0 Å². The van der Waals surface area contributed by atoms with Crippen LogP contribution in [-0.2, 0) is 23.9 Å². The molecule has 1 amide bonds. The molecule has 6 nitrogen and oxygen atoms in total. The third-order valence-electron chi connectivity index (χ3n) is 1.71. The van der Waals surface area contributed by atoms with Crippen LogP contribution in [0.4, 0.5) is 0 Å². The van der Waals surface area contributed by atoms with Crippen LogP contribution in [0.25, 0.3) is 0 Å². The number of hydrogen-bond acceptors (Lipinski definition) is 6. The molecular formula is C10H17NO5S. The fourth-order valence-electron chi connectivity index (χ4n) is 0.863. The Kier molecular flexibility index (Phi) is 9.46. The Bertz CT molecular complexity index is 259. The summed E-state index contributed by atoms with van der Waals surface area (Å²) in [5.74, 6) is 0.0794. The van der Waals surface area contributed by atoms with Crippen molar-refractivity contribution in [3.05, 3.63) is 0 Å². The van der Waals surface area contributed by atoms with Crippen LogP contribution in [0.5, 0.6) is 0 Å². The van der Waals surface area contributed by atoms with Gasteiger partial charge in [0.2, 0.25) is 6.41 Å². The zero-order chi connectivity index (χ0) is 13.1. The van der Waals surface area contributed by atoms with Gasteiger partial charge < -0.3 is 14.8 Å². The number of hydrogen-bond donors (Lipinski definition) is 1. The maximum Gasteiger partial charge on any atom is 0.315 e. The van der Waals surface area contributed by atoms with Gasteiger partial charge in [0, 0.05) is 19.4 Å². The molecule has 0 radical (unpaired) electrons. The van der Waals surface area contributed by atoms with Crippen molar-refractivity contribution in [1.82, 2.24) is 5.32 Å². The second-order valence-corrected chi connectivity index (χ2v) is 4.24. The van der Waals surface area contributed by atoms with E-state index in [9.17, 15) is 14.4 Å². The fourth-order valence-corrected chi connectivity index (χ4v) is 1.60. The van der Waals surface area contributed by atoms with Gasteiger partial charge in [0.15, 0.2) is 12.1 Å². The van der Waals surface area contributed by atoms with Crippen molar-refractivity contribution in [2.75, 3.05) is 25.2 Å². The molecule has 0 aromatic heterocycles. The fraction of sp³-hybridized carbons (Fsp3) is 0.700. The zero-order valence-corrected chi connectivity index (χ0v) is 10.7. The van der Waals surface area contributed by atoms with E-state index in [0.717, 1.165) is 0 Å². The van der Waals surface area contributed by atoms with E-state index in [1.807, 2.05) is 0 Å². The second kappa shape index (κ2) is 10.1. The highest BCUT2D eigenvalue weighted by Gasteiger charge is 2.13. The molecule has 0 bridgehead atoms. The highest BCUT2D eigenvalue weighted by Crippen LogP contribution is 2.02. The van der Waals surface area contributed by atoms with E-state index in [1.165, 1.54) is 18.9 Å². The largest absolute Gasteiger partial charge is 0.436 e. The number of carbonyl (C=O) groups excluding carboxylic acids is 3. The van der Waals surface area contributed by atoms with E-state index in [2.05, 4.69) is 5.32 Å². The third kappa shape index (κ3) is 9.83. The number of amides is 1. The maximum absolute atomic E-state index is 11.3. The summed E-state index contributed by atoms with van der Waals surface area (Å²) < 4.78 is 9.49. The number of ketones is 1. The Labute approximate surface area is 104 Å². The van der Waals surface area contributed by atoms with E-state index in [1.54, 1.807) is 6.92 Å². The summed E-state index contributed by atoms with van der Waals surface area (Å²) in [5, 5.41) is 2.48. The number of Topliss-reactive ketones (excluding diaryl/α,β-unsaturated/α-hetero) is 1. The average Bonchev–Trinajstić information content (AvgIpc) is 2.28. The van der Waals surface area contributed by atoms with Gasteiger partial charge in [0.05, 0.1) is 5.75 Å². The van der Waals surface area contributed by atoms with Crippen LogP contribution in [0, 0.1) is 0 Å². The summed E-state index contributed by atoms with van der Waals surface area (Å²) in [6, 6.07) is 0. The van der Waals surface area contributed by atoms with E-state index >= 15 is 0 Å². The molecular weight excluding hydrogens is 246 g/mol. The molecule has 1 atom stereocenters. The number of esters is 1. The van der Waals surface area contributed by atoms with Crippen LogP contribution >= 0.6 is 11.8 Å². The van der Waals surface area contributed by atoms with Gasteiger partial charge in [0.25, 0.3) is 0 Å². The molecule has 0 fully saturated rings. The first-order chi connectivity index (χ1) is 8.10. The number of rotatable bonds is 10. The standard InChI is InChI=1S/C10H17NO5S/c1-8(15-2)16-10(14)5-9(13)6-17-4-3-11-7-12/h7-8H,3-6H2,1-2H3,(H,11,12). The molecule has 0 rings (SSSR count). The van der Waals surface area contributed by atoms with E-state index < -0.39 is 12.3 Å². The van der Waals surface area contributed by atoms with Gasteiger partial charge in [-0.05, 0) is 6.92 Å². The molecule has 0 saturated heterocycles. The van der Waals surface area contributed by atoms with Crippen LogP contribution < -0.4 is 5.32 Å². The molecule has 0 saturated carbocycles. The maximum atomic E-state index is 11.3. The van der Waals surface area contributed by atoms with Crippen LogP contribution in [-0.4, -0.2) is 49.6 Å². The summed E-state index contributed by atoms with van der Waals surface area (Å²) in [5.41, 5.74) is 0. The Morgan fingerprint density at radius 3 is 2.76 bits per heavy atom. The van der Waals surface area contributed by atoms with Crippen LogP contribution in [0.2, 0.25) is 0 Å². The van der Waals surface area contributed by atoms with E-state index in [-0.39, 0.29) is 18.0 Å². The number of ether oxygens (including phenoxy) is 2. The lowest BCUT2D eigenvalue weighted by atomic mass is 10.3. The Balaban J connectivity index is 3.57. The lowest BCUT2D eigenvalue weighted by Crippen LogP contribution is -2.20. The lowest BCUT2D eigenvalue weighted by Gasteiger charge is -2.10. The number of carbonyl (C=O) groups is 3. The van der Waals surface area contributed by atoms with E-state index in [0.29, 0.717) is 18.7 Å². The molecule has 0 aromatic rings. The van der Waals surface area contributed by atoms with Crippen molar-refractivity contribution in [3.8, 4) is 0 Å². The molecule has 17 heavy (non-hydrogen) atoms. The van der Waals surface area contributed by atoms with Crippen molar-refractivity contribution < 1.29 is 23.9 Å². The minimum Gasteiger partial charge on any atom is -0.436 e. The minimum absolute atomic E-state index is 0.200. The van der Waals surface area contributed by atoms with Gasteiger partial charge in [-0.25, -0.2) is 0 Å². The minimum atomic E-state index is -0.639. The van der Waals surface area contributed by atoms with Crippen molar-refractivity contribution in [1.29, 1.82) is 0 Å². The summed E-state index contributed by atoms with van der Waals surface area (Å²) in [6.07, 6.45) is -0.284. The highest BCUT2D eigenvalue weighted by atomic mass is 32.2. The second-order valence-electron chi connectivity index (χ2n) is 3.13. The van der Waals surface area contributed by atoms with Gasteiger partial charge in [-0.15, -0.1) is 0 Å². The van der Waals surface area contributed by atoms with Gasteiger partial charge >= 0.3 is 5.97 Å². The number of nitrogens with one attached hydrogen (secondary N) is 1. The van der Waals surface area contributed by atoms with Gasteiger partial charge in [-0.1, -0.05) is 0 Å². The van der Waals surface area contributed by atoms with Crippen molar-refractivity contribution in [3.63, 3.8) is 0 Å². The summed E-state index contributed by atoms with van der Waals surface area (Å²) in [7, 11) is 1.41. The molecule has 1 N–H and O–H groups in total. The first kappa shape index (κ1) is 15.9. The predicted molar refractivity (Wildman–Crippen MR) is 63.6 cm³/mol. The van der Waals surface area contributed by atoms with Crippen LogP contribution in [0.1, 0.15) is 13.3 Å². The predicted octanol–water partition coefficient (Wildman–Crippen LogP) is -0.0396. The molecule has 0 heterocycles. The molecule has 0 aliphatic carbocycles. The average molecular weight is 263 g/mol. The molecule has 98 valence electrons. The smallest absolute Gasteiger partial charge is 0.315 e. The first-order valence-corrected chi connectivity index (χ1v) is 6.24. The molecule has 0 spiro atoms. The van der Waals surface area contributed by atoms with Crippen LogP contribution in [0.3, 0.4) is 0 Å². The summed E-state index contributed by atoms with van der Waals surface area (Å²) in [4.78, 5) is 32.4.